The predicted molar refractivity (Wildman–Crippen MR) is 118 cm³/mol. The van der Waals surface area contributed by atoms with E-state index in [1.807, 2.05) is 12.4 Å². The highest BCUT2D eigenvalue weighted by molar-refractivity contribution is 5.65. The van der Waals surface area contributed by atoms with Gasteiger partial charge in [0.15, 0.2) is 0 Å². The zero-order valence-corrected chi connectivity index (χ0v) is 17.4. The van der Waals surface area contributed by atoms with Gasteiger partial charge in [-0.25, -0.2) is 9.97 Å². The van der Waals surface area contributed by atoms with Crippen LogP contribution in [0, 0.1) is 13.8 Å². The van der Waals surface area contributed by atoms with E-state index in [0.29, 0.717) is 5.95 Å². The Hall–Kier alpha value is -2.92. The largest absolute Gasteiger partial charge is 0.373 e. The Morgan fingerprint density at radius 2 is 1.39 bits per heavy atom. The summed E-state index contributed by atoms with van der Waals surface area (Å²) in [4.78, 5) is 13.4. The Morgan fingerprint density at radius 1 is 0.786 bits per heavy atom. The fraction of sp³-hybridized carbons (Fsp3) is 0.304. The normalized spacial score (nSPS) is 10.9. The summed E-state index contributed by atoms with van der Waals surface area (Å²) >= 11 is 0. The van der Waals surface area contributed by atoms with Gasteiger partial charge in [0.25, 0.3) is 0 Å². The molecule has 5 heteroatoms. The van der Waals surface area contributed by atoms with Gasteiger partial charge in [-0.1, -0.05) is 29.3 Å². The maximum absolute atomic E-state index is 4.48. The number of rotatable bonds is 7. The lowest BCUT2D eigenvalue weighted by atomic mass is 10.0. The average molecular weight is 376 g/mol. The van der Waals surface area contributed by atoms with Crippen molar-refractivity contribution in [2.24, 2.45) is 0 Å². The first kappa shape index (κ1) is 19.8. The molecule has 0 unspecified atom stereocenters. The first-order chi connectivity index (χ1) is 13.4. The third-order valence-electron chi connectivity index (χ3n) is 4.65. The number of benzene rings is 2. The summed E-state index contributed by atoms with van der Waals surface area (Å²) in [5.74, 6) is 0.599. The zero-order chi connectivity index (χ0) is 20.1. The lowest BCUT2D eigenvalue weighted by Crippen LogP contribution is -2.28. The van der Waals surface area contributed by atoms with Crippen molar-refractivity contribution in [3.8, 4) is 11.1 Å². The van der Waals surface area contributed by atoms with Crippen LogP contribution in [-0.4, -0.2) is 49.1 Å². The first-order valence-electron chi connectivity index (χ1n) is 9.54. The Bertz CT molecular complexity index is 881. The van der Waals surface area contributed by atoms with Crippen LogP contribution < -0.4 is 10.2 Å². The second kappa shape index (κ2) is 8.85. The molecule has 1 N–H and O–H groups in total. The standard InChI is InChI=1S/C23H29N5/c1-17-12-18(2)14-19(13-17)20-15-24-23(25-16-20)26-21-6-8-22(9-7-21)28(5)11-10-27(3)4/h6-9,12-16H,10-11H2,1-5H3,(H,24,25,26). The van der Waals surface area contributed by atoms with Gasteiger partial charge in [-0.15, -0.1) is 0 Å². The zero-order valence-electron chi connectivity index (χ0n) is 17.4. The minimum Gasteiger partial charge on any atom is -0.373 e. The smallest absolute Gasteiger partial charge is 0.227 e. The van der Waals surface area contributed by atoms with Gasteiger partial charge in [-0.2, -0.15) is 0 Å². The van der Waals surface area contributed by atoms with E-state index < -0.39 is 0 Å². The molecular formula is C23H29N5. The van der Waals surface area contributed by atoms with Gasteiger partial charge in [0, 0.05) is 49.5 Å². The summed E-state index contributed by atoms with van der Waals surface area (Å²) in [5.41, 5.74) is 6.83. The van der Waals surface area contributed by atoms with Crippen molar-refractivity contribution in [2.45, 2.75) is 13.8 Å². The first-order valence-corrected chi connectivity index (χ1v) is 9.54. The maximum atomic E-state index is 4.48. The molecule has 0 saturated carbocycles. The van der Waals surface area contributed by atoms with E-state index >= 15 is 0 Å². The fourth-order valence-corrected chi connectivity index (χ4v) is 3.09. The molecule has 0 fully saturated rings. The van der Waals surface area contributed by atoms with Crippen LogP contribution in [0.15, 0.2) is 54.9 Å². The molecule has 0 spiro atoms. The van der Waals surface area contributed by atoms with E-state index in [1.165, 1.54) is 16.8 Å². The molecule has 0 bridgehead atoms. The Morgan fingerprint density at radius 3 is 1.96 bits per heavy atom. The highest BCUT2D eigenvalue weighted by Crippen LogP contribution is 2.23. The summed E-state index contributed by atoms with van der Waals surface area (Å²) in [7, 11) is 6.29. The molecule has 5 nitrogen and oxygen atoms in total. The van der Waals surface area contributed by atoms with Crippen molar-refractivity contribution in [1.29, 1.82) is 0 Å². The molecule has 0 atom stereocenters. The monoisotopic (exact) mass is 375 g/mol. The highest BCUT2D eigenvalue weighted by Gasteiger charge is 2.05. The summed E-state index contributed by atoms with van der Waals surface area (Å²) in [6.45, 7) is 6.23. The van der Waals surface area contributed by atoms with Gasteiger partial charge < -0.3 is 15.1 Å². The minimum atomic E-state index is 0.599. The van der Waals surface area contributed by atoms with Gasteiger partial charge in [0.2, 0.25) is 5.95 Å². The van der Waals surface area contributed by atoms with Gasteiger partial charge >= 0.3 is 0 Å². The van der Waals surface area contributed by atoms with E-state index in [-0.39, 0.29) is 0 Å². The molecule has 2 aromatic carbocycles. The number of aromatic nitrogens is 2. The van der Waals surface area contributed by atoms with Gasteiger partial charge in [-0.3, -0.25) is 0 Å². The summed E-state index contributed by atoms with van der Waals surface area (Å²) < 4.78 is 0. The molecule has 3 rings (SSSR count). The van der Waals surface area contributed by atoms with E-state index in [0.717, 1.165) is 29.9 Å². The van der Waals surface area contributed by atoms with Crippen LogP contribution >= 0.6 is 0 Å². The van der Waals surface area contributed by atoms with E-state index in [2.05, 4.69) is 103 Å². The summed E-state index contributed by atoms with van der Waals surface area (Å²) in [6.07, 6.45) is 3.74. The van der Waals surface area contributed by atoms with E-state index in [1.54, 1.807) is 0 Å². The molecule has 146 valence electrons. The molecule has 0 aliphatic heterocycles. The van der Waals surface area contributed by atoms with Crippen LogP contribution in [-0.2, 0) is 0 Å². The average Bonchev–Trinajstić information content (AvgIpc) is 2.66. The maximum Gasteiger partial charge on any atom is 0.227 e. The van der Waals surface area contributed by atoms with Crippen LogP contribution in [0.2, 0.25) is 0 Å². The second-order valence-corrected chi connectivity index (χ2v) is 7.57. The molecule has 0 aliphatic carbocycles. The van der Waals surface area contributed by atoms with Crippen LogP contribution in [0.25, 0.3) is 11.1 Å². The Kier molecular flexibility index (Phi) is 6.26. The number of anilines is 3. The number of nitrogens with zero attached hydrogens (tertiary/aromatic N) is 4. The van der Waals surface area contributed by atoms with Crippen LogP contribution in [0.3, 0.4) is 0 Å². The Labute approximate surface area is 168 Å². The molecule has 0 saturated heterocycles. The summed E-state index contributed by atoms with van der Waals surface area (Å²) in [5, 5.41) is 3.27. The van der Waals surface area contributed by atoms with Crippen molar-refractivity contribution in [3.63, 3.8) is 0 Å². The number of hydrogen-bond acceptors (Lipinski definition) is 5. The lowest BCUT2D eigenvalue weighted by molar-refractivity contribution is 0.416. The number of hydrogen-bond donors (Lipinski definition) is 1. The van der Waals surface area contributed by atoms with Gasteiger partial charge in [0.1, 0.15) is 0 Å². The van der Waals surface area contributed by atoms with Crippen LogP contribution in [0.1, 0.15) is 11.1 Å². The molecule has 0 radical (unpaired) electrons. The second-order valence-electron chi connectivity index (χ2n) is 7.57. The van der Waals surface area contributed by atoms with Crippen molar-refractivity contribution in [2.75, 3.05) is 44.4 Å². The topological polar surface area (TPSA) is 44.3 Å². The van der Waals surface area contributed by atoms with Crippen LogP contribution in [0.5, 0.6) is 0 Å². The lowest BCUT2D eigenvalue weighted by Gasteiger charge is -2.21. The molecule has 28 heavy (non-hydrogen) atoms. The van der Waals surface area contributed by atoms with Gasteiger partial charge in [0.05, 0.1) is 0 Å². The molecule has 1 heterocycles. The fourth-order valence-electron chi connectivity index (χ4n) is 3.09. The van der Waals surface area contributed by atoms with Gasteiger partial charge in [-0.05, 0) is 57.8 Å². The molecule has 1 aromatic heterocycles. The SMILES string of the molecule is Cc1cc(C)cc(-c2cnc(Nc3ccc(N(C)CCN(C)C)cc3)nc2)c1. The van der Waals surface area contributed by atoms with Crippen LogP contribution in [0.4, 0.5) is 17.3 Å². The molecule has 0 amide bonds. The molecule has 3 aromatic rings. The summed E-state index contributed by atoms with van der Waals surface area (Å²) in [6, 6.07) is 14.8. The predicted octanol–water partition coefficient (Wildman–Crippen LogP) is 4.50. The van der Waals surface area contributed by atoms with Crippen molar-refractivity contribution >= 4 is 17.3 Å². The Balaban J connectivity index is 1.65. The van der Waals surface area contributed by atoms with Crippen molar-refractivity contribution in [1.82, 2.24) is 14.9 Å². The third-order valence-corrected chi connectivity index (χ3v) is 4.65. The molecule has 0 aliphatic rings. The third kappa shape index (κ3) is 5.30. The van der Waals surface area contributed by atoms with E-state index in [4.69, 9.17) is 0 Å². The minimum absolute atomic E-state index is 0.599. The number of nitrogens with one attached hydrogen (secondary N) is 1. The quantitative estimate of drug-likeness (QED) is 0.659. The van der Waals surface area contributed by atoms with E-state index in [9.17, 15) is 0 Å². The molecular weight excluding hydrogens is 346 g/mol. The van der Waals surface area contributed by atoms with Crippen molar-refractivity contribution in [3.05, 3.63) is 66.0 Å². The number of aryl methyl sites for hydroxylation is 2. The van der Waals surface area contributed by atoms with Crippen molar-refractivity contribution < 1.29 is 0 Å². The highest BCUT2D eigenvalue weighted by atomic mass is 15.2. The number of likely N-dealkylation sites (N-methyl/N-ethyl adjacent to an activating group) is 2.